The van der Waals surface area contributed by atoms with Gasteiger partial charge in [-0.2, -0.15) is 0 Å². The largest absolute Gasteiger partial charge is 0.481 e. The van der Waals surface area contributed by atoms with Crippen molar-refractivity contribution >= 4 is 17.6 Å². The van der Waals surface area contributed by atoms with Crippen molar-refractivity contribution in [2.75, 3.05) is 18.0 Å². The number of carboxylic acids is 1. The monoisotopic (exact) mass is 292 g/mol. The van der Waals surface area contributed by atoms with Crippen molar-refractivity contribution in [1.29, 1.82) is 0 Å². The van der Waals surface area contributed by atoms with E-state index >= 15 is 0 Å². The van der Waals surface area contributed by atoms with Crippen LogP contribution in [0.25, 0.3) is 0 Å². The third kappa shape index (κ3) is 5.95. The molecule has 1 aromatic carbocycles. The van der Waals surface area contributed by atoms with Crippen LogP contribution in [0.15, 0.2) is 24.3 Å². The second kappa shape index (κ2) is 8.42. The van der Waals surface area contributed by atoms with Crippen LogP contribution in [0.4, 0.5) is 5.69 Å². The lowest BCUT2D eigenvalue weighted by molar-refractivity contribution is -0.136. The van der Waals surface area contributed by atoms with E-state index < -0.39 is 5.97 Å². The van der Waals surface area contributed by atoms with Crippen molar-refractivity contribution in [3.8, 4) is 0 Å². The summed E-state index contributed by atoms with van der Waals surface area (Å²) in [6.45, 7) is 6.42. The molecule has 0 aliphatic carbocycles. The summed E-state index contributed by atoms with van der Waals surface area (Å²) in [5.74, 6) is -1.02. The molecule has 0 aliphatic heterocycles. The Kier molecular flexibility index (Phi) is 6.88. The average molecular weight is 292 g/mol. The van der Waals surface area contributed by atoms with Crippen LogP contribution >= 0.6 is 0 Å². The highest BCUT2D eigenvalue weighted by Crippen LogP contribution is 2.15. The lowest BCUT2D eigenvalue weighted by atomic mass is 10.2. The third-order valence-corrected chi connectivity index (χ3v) is 3.41. The molecule has 0 heterocycles. The Bertz CT molecular complexity index is 471. The second-order valence-corrected chi connectivity index (χ2v) is 5.21. The molecule has 116 valence electrons. The molecule has 5 nitrogen and oxygen atoms in total. The molecular formula is C16H24N2O3. The normalized spacial score (nSPS) is 12.0. The van der Waals surface area contributed by atoms with Gasteiger partial charge in [-0.1, -0.05) is 24.6 Å². The van der Waals surface area contributed by atoms with E-state index in [0.29, 0.717) is 0 Å². The molecule has 0 fully saturated rings. The number of carboxylic acid groups (broad SMARTS) is 1. The molecule has 2 N–H and O–H groups in total. The SMILES string of the molecule is CCC(C)NCC(=O)N(CCC(=O)O)c1ccc(C)cc1. The minimum Gasteiger partial charge on any atom is -0.481 e. The maximum Gasteiger partial charge on any atom is 0.305 e. The fraction of sp³-hybridized carbons (Fsp3) is 0.500. The van der Waals surface area contributed by atoms with Gasteiger partial charge in [-0.3, -0.25) is 9.59 Å². The molecule has 0 saturated carbocycles. The second-order valence-electron chi connectivity index (χ2n) is 5.21. The van der Waals surface area contributed by atoms with Crippen molar-refractivity contribution < 1.29 is 14.7 Å². The molecule has 1 atom stereocenters. The summed E-state index contributed by atoms with van der Waals surface area (Å²) >= 11 is 0. The van der Waals surface area contributed by atoms with Gasteiger partial charge in [-0.05, 0) is 32.4 Å². The number of carbonyl (C=O) groups is 2. The molecule has 1 rings (SSSR count). The number of hydrogen-bond acceptors (Lipinski definition) is 3. The zero-order valence-electron chi connectivity index (χ0n) is 12.9. The Labute approximate surface area is 126 Å². The molecule has 0 bridgehead atoms. The van der Waals surface area contributed by atoms with E-state index in [-0.39, 0.29) is 31.5 Å². The molecule has 0 saturated heterocycles. The van der Waals surface area contributed by atoms with Crippen molar-refractivity contribution in [2.24, 2.45) is 0 Å². The number of nitrogens with one attached hydrogen (secondary N) is 1. The summed E-state index contributed by atoms with van der Waals surface area (Å²) in [5.41, 5.74) is 1.83. The van der Waals surface area contributed by atoms with Gasteiger partial charge in [0.25, 0.3) is 0 Å². The fourth-order valence-electron chi connectivity index (χ4n) is 1.83. The van der Waals surface area contributed by atoms with E-state index in [1.165, 1.54) is 4.90 Å². The van der Waals surface area contributed by atoms with Crippen LogP contribution in [-0.4, -0.2) is 36.1 Å². The van der Waals surface area contributed by atoms with Gasteiger partial charge >= 0.3 is 5.97 Å². The first-order valence-electron chi connectivity index (χ1n) is 7.26. The number of nitrogens with zero attached hydrogens (tertiary/aromatic N) is 1. The molecular weight excluding hydrogens is 268 g/mol. The number of aliphatic carboxylic acids is 1. The van der Waals surface area contributed by atoms with Crippen LogP contribution in [-0.2, 0) is 9.59 Å². The number of rotatable bonds is 8. The lowest BCUT2D eigenvalue weighted by Gasteiger charge is -2.23. The van der Waals surface area contributed by atoms with E-state index in [0.717, 1.165) is 17.7 Å². The standard InChI is InChI=1S/C16H24N2O3/c1-4-13(3)17-11-15(19)18(10-9-16(20)21)14-7-5-12(2)6-8-14/h5-8,13,17H,4,9-11H2,1-3H3,(H,20,21). The Morgan fingerprint density at radius 3 is 2.43 bits per heavy atom. The Hall–Kier alpha value is -1.88. The first kappa shape index (κ1) is 17.2. The molecule has 0 aliphatic rings. The van der Waals surface area contributed by atoms with Gasteiger partial charge in [0, 0.05) is 18.3 Å². The van der Waals surface area contributed by atoms with Crippen molar-refractivity contribution in [1.82, 2.24) is 5.32 Å². The van der Waals surface area contributed by atoms with Gasteiger partial charge in [0.15, 0.2) is 0 Å². The van der Waals surface area contributed by atoms with Gasteiger partial charge in [-0.15, -0.1) is 0 Å². The highest BCUT2D eigenvalue weighted by atomic mass is 16.4. The van der Waals surface area contributed by atoms with Gasteiger partial charge in [0.1, 0.15) is 0 Å². The van der Waals surface area contributed by atoms with Crippen LogP contribution < -0.4 is 10.2 Å². The summed E-state index contributed by atoms with van der Waals surface area (Å²) in [5, 5.41) is 12.0. The first-order valence-corrected chi connectivity index (χ1v) is 7.26. The first-order chi connectivity index (χ1) is 9.93. The molecule has 1 aromatic rings. The van der Waals surface area contributed by atoms with Crippen molar-refractivity contribution in [2.45, 2.75) is 39.7 Å². The van der Waals surface area contributed by atoms with Gasteiger partial charge in [0.05, 0.1) is 13.0 Å². The number of anilines is 1. The zero-order chi connectivity index (χ0) is 15.8. The quantitative estimate of drug-likeness (QED) is 0.770. The highest BCUT2D eigenvalue weighted by molar-refractivity contribution is 5.95. The van der Waals surface area contributed by atoms with Crippen LogP contribution in [0.5, 0.6) is 0 Å². The van der Waals surface area contributed by atoms with Gasteiger partial charge in [-0.25, -0.2) is 0 Å². The third-order valence-electron chi connectivity index (χ3n) is 3.41. The molecule has 1 unspecified atom stereocenters. The summed E-state index contributed by atoms with van der Waals surface area (Å²) in [7, 11) is 0. The maximum atomic E-state index is 12.3. The molecule has 0 radical (unpaired) electrons. The summed E-state index contributed by atoms with van der Waals surface area (Å²) in [6.07, 6.45) is 0.871. The topological polar surface area (TPSA) is 69.6 Å². The van der Waals surface area contributed by atoms with E-state index in [1.807, 2.05) is 45.0 Å². The number of hydrogen-bond donors (Lipinski definition) is 2. The predicted molar refractivity (Wildman–Crippen MR) is 83.5 cm³/mol. The van der Waals surface area contributed by atoms with E-state index in [4.69, 9.17) is 5.11 Å². The zero-order valence-corrected chi connectivity index (χ0v) is 12.9. The minimum atomic E-state index is -0.908. The summed E-state index contributed by atoms with van der Waals surface area (Å²) < 4.78 is 0. The maximum absolute atomic E-state index is 12.3. The fourth-order valence-corrected chi connectivity index (χ4v) is 1.83. The minimum absolute atomic E-state index is 0.0665. The van der Waals surface area contributed by atoms with Crippen molar-refractivity contribution in [3.63, 3.8) is 0 Å². The molecule has 0 aromatic heterocycles. The molecule has 0 spiro atoms. The Morgan fingerprint density at radius 2 is 1.90 bits per heavy atom. The number of benzene rings is 1. The smallest absolute Gasteiger partial charge is 0.305 e. The highest BCUT2D eigenvalue weighted by Gasteiger charge is 2.17. The number of amides is 1. The van der Waals surface area contributed by atoms with E-state index in [1.54, 1.807) is 0 Å². The summed E-state index contributed by atoms with van der Waals surface area (Å²) in [4.78, 5) is 24.6. The van der Waals surface area contributed by atoms with Crippen LogP contribution in [0, 0.1) is 6.92 Å². The number of aryl methyl sites for hydroxylation is 1. The molecule has 5 heteroatoms. The summed E-state index contributed by atoms with van der Waals surface area (Å²) in [6, 6.07) is 7.78. The van der Waals surface area contributed by atoms with Crippen LogP contribution in [0.3, 0.4) is 0 Å². The van der Waals surface area contributed by atoms with E-state index in [2.05, 4.69) is 5.32 Å². The Morgan fingerprint density at radius 1 is 1.29 bits per heavy atom. The van der Waals surface area contributed by atoms with Gasteiger partial charge < -0.3 is 15.3 Å². The Balaban J connectivity index is 2.78. The van der Waals surface area contributed by atoms with Crippen LogP contribution in [0.1, 0.15) is 32.3 Å². The average Bonchev–Trinajstić information content (AvgIpc) is 2.46. The van der Waals surface area contributed by atoms with E-state index in [9.17, 15) is 9.59 Å². The molecule has 1 amide bonds. The lowest BCUT2D eigenvalue weighted by Crippen LogP contribution is -2.41. The predicted octanol–water partition coefficient (Wildman–Crippen LogP) is 2.19. The van der Waals surface area contributed by atoms with Gasteiger partial charge in [0.2, 0.25) is 5.91 Å². The van der Waals surface area contributed by atoms with Crippen molar-refractivity contribution in [3.05, 3.63) is 29.8 Å². The number of carbonyl (C=O) groups excluding carboxylic acids is 1. The molecule has 21 heavy (non-hydrogen) atoms. The van der Waals surface area contributed by atoms with Crippen LogP contribution in [0.2, 0.25) is 0 Å².